The second-order valence-corrected chi connectivity index (χ2v) is 3.95. The maximum atomic E-state index is 11.2. The Labute approximate surface area is 102 Å². The Balaban J connectivity index is 2.46. The maximum Gasteiger partial charge on any atom is 0.396 e. The smallest absolute Gasteiger partial charge is 0.396 e. The minimum Gasteiger partial charge on any atom is -0.459 e. The van der Waals surface area contributed by atoms with Crippen LogP contribution in [0, 0.1) is 0 Å². The van der Waals surface area contributed by atoms with E-state index in [9.17, 15) is 9.59 Å². The zero-order valence-electron chi connectivity index (χ0n) is 8.83. The molecule has 1 amide bonds. The van der Waals surface area contributed by atoms with E-state index in [1.165, 1.54) is 0 Å². The van der Waals surface area contributed by atoms with Gasteiger partial charge in [-0.15, -0.1) is 0 Å². The van der Waals surface area contributed by atoms with E-state index >= 15 is 0 Å². The molecule has 86 valence electrons. The van der Waals surface area contributed by atoms with Gasteiger partial charge in [-0.2, -0.15) is 0 Å². The fourth-order valence-corrected chi connectivity index (χ4v) is 1.54. The second-order valence-electron chi connectivity index (χ2n) is 3.03. The van der Waals surface area contributed by atoms with Crippen molar-refractivity contribution in [1.29, 1.82) is 0 Å². The summed E-state index contributed by atoms with van der Waals surface area (Å²) in [6.45, 7) is 2.15. The lowest BCUT2D eigenvalue weighted by atomic mass is 10.2. The Kier molecular flexibility index (Phi) is 4.98. The predicted molar refractivity (Wildman–Crippen MR) is 62.6 cm³/mol. The molecule has 0 radical (unpaired) electrons. The van der Waals surface area contributed by atoms with Crippen molar-refractivity contribution in [3.63, 3.8) is 0 Å². The van der Waals surface area contributed by atoms with Crippen molar-refractivity contribution in [2.24, 2.45) is 0 Å². The summed E-state index contributed by atoms with van der Waals surface area (Å²) in [6, 6.07) is 7.47. The van der Waals surface area contributed by atoms with E-state index in [4.69, 9.17) is 0 Å². The van der Waals surface area contributed by atoms with Gasteiger partial charge in [-0.05, 0) is 24.6 Å². The van der Waals surface area contributed by atoms with Crippen LogP contribution in [0.5, 0.6) is 0 Å². The Morgan fingerprint density at radius 1 is 1.44 bits per heavy atom. The van der Waals surface area contributed by atoms with Crippen molar-refractivity contribution in [1.82, 2.24) is 5.32 Å². The number of amides is 1. The summed E-state index contributed by atoms with van der Waals surface area (Å²) in [7, 11) is 0. The third-order valence-corrected chi connectivity index (χ3v) is 2.30. The number of carbonyl (C=O) groups is 2. The Bertz CT molecular complexity index is 393. The highest BCUT2D eigenvalue weighted by molar-refractivity contribution is 9.10. The Morgan fingerprint density at radius 2 is 2.19 bits per heavy atom. The van der Waals surface area contributed by atoms with E-state index in [1.54, 1.807) is 6.92 Å². The van der Waals surface area contributed by atoms with E-state index in [1.807, 2.05) is 24.3 Å². The van der Waals surface area contributed by atoms with Crippen LogP contribution in [-0.4, -0.2) is 18.5 Å². The molecule has 1 rings (SSSR count). The van der Waals surface area contributed by atoms with E-state index < -0.39 is 11.9 Å². The van der Waals surface area contributed by atoms with Gasteiger partial charge in [-0.25, -0.2) is 4.79 Å². The van der Waals surface area contributed by atoms with Gasteiger partial charge in [0.25, 0.3) is 0 Å². The molecule has 0 heterocycles. The lowest BCUT2D eigenvalue weighted by molar-refractivity contribution is -0.154. The fraction of sp³-hybridized carbons (Fsp3) is 0.273. The van der Waals surface area contributed by atoms with Crippen LogP contribution < -0.4 is 5.32 Å². The Morgan fingerprint density at radius 3 is 2.81 bits per heavy atom. The molecule has 0 saturated heterocycles. The van der Waals surface area contributed by atoms with E-state index in [0.717, 1.165) is 10.0 Å². The highest BCUT2D eigenvalue weighted by Gasteiger charge is 2.13. The SMILES string of the molecule is CCOC(=O)C(=O)NCc1cccc(Br)c1. The Hall–Kier alpha value is -1.36. The summed E-state index contributed by atoms with van der Waals surface area (Å²) in [4.78, 5) is 22.2. The van der Waals surface area contributed by atoms with Crippen LogP contribution in [0.25, 0.3) is 0 Å². The number of carbonyl (C=O) groups excluding carboxylic acids is 2. The number of ether oxygens (including phenoxy) is 1. The van der Waals surface area contributed by atoms with Gasteiger partial charge in [0, 0.05) is 11.0 Å². The summed E-state index contributed by atoms with van der Waals surface area (Å²) in [5, 5.41) is 2.48. The van der Waals surface area contributed by atoms with Crippen LogP contribution in [0.15, 0.2) is 28.7 Å². The van der Waals surface area contributed by atoms with Crippen LogP contribution in [0.3, 0.4) is 0 Å². The summed E-state index contributed by atoms with van der Waals surface area (Å²) < 4.78 is 5.48. The zero-order chi connectivity index (χ0) is 12.0. The number of halogens is 1. The van der Waals surface area contributed by atoms with Crippen molar-refractivity contribution in [2.45, 2.75) is 13.5 Å². The summed E-state index contributed by atoms with van der Waals surface area (Å²) in [6.07, 6.45) is 0. The number of hydrogen-bond acceptors (Lipinski definition) is 3. The lowest BCUT2D eigenvalue weighted by Crippen LogP contribution is -2.32. The van der Waals surface area contributed by atoms with Gasteiger partial charge < -0.3 is 10.1 Å². The molecule has 0 fully saturated rings. The topological polar surface area (TPSA) is 55.4 Å². The molecule has 0 saturated carbocycles. The van der Waals surface area contributed by atoms with Crippen molar-refractivity contribution in [3.05, 3.63) is 34.3 Å². The quantitative estimate of drug-likeness (QED) is 0.678. The molecule has 16 heavy (non-hydrogen) atoms. The molecule has 1 aromatic rings. The molecule has 0 aromatic heterocycles. The number of hydrogen-bond donors (Lipinski definition) is 1. The fourth-order valence-electron chi connectivity index (χ4n) is 1.10. The standard InChI is InChI=1S/C11H12BrNO3/c1-2-16-11(15)10(14)13-7-8-4-3-5-9(12)6-8/h3-6H,2,7H2,1H3,(H,13,14). The average Bonchev–Trinajstić information content (AvgIpc) is 2.26. The van der Waals surface area contributed by atoms with Crippen LogP contribution >= 0.6 is 15.9 Å². The molecule has 0 aliphatic carbocycles. The first-order chi connectivity index (χ1) is 7.63. The summed E-state index contributed by atoms with van der Waals surface area (Å²) >= 11 is 3.32. The van der Waals surface area contributed by atoms with Gasteiger partial charge in [0.05, 0.1) is 6.61 Å². The third kappa shape index (κ3) is 4.02. The highest BCUT2D eigenvalue weighted by Crippen LogP contribution is 2.11. The highest BCUT2D eigenvalue weighted by atomic mass is 79.9. The molecule has 1 N–H and O–H groups in total. The third-order valence-electron chi connectivity index (χ3n) is 1.80. The minimum absolute atomic E-state index is 0.198. The first-order valence-corrected chi connectivity index (χ1v) is 5.62. The van der Waals surface area contributed by atoms with Crippen LogP contribution in [0.2, 0.25) is 0 Å². The van der Waals surface area contributed by atoms with Gasteiger partial charge >= 0.3 is 11.9 Å². The van der Waals surface area contributed by atoms with Crippen LogP contribution in [0.4, 0.5) is 0 Å². The molecular weight excluding hydrogens is 274 g/mol. The molecule has 1 aromatic carbocycles. The summed E-state index contributed by atoms with van der Waals surface area (Å²) in [5.74, 6) is -1.57. The minimum atomic E-state index is -0.850. The molecule has 5 heteroatoms. The monoisotopic (exact) mass is 285 g/mol. The molecule has 0 atom stereocenters. The van der Waals surface area contributed by atoms with Gasteiger partial charge in [-0.3, -0.25) is 4.79 Å². The number of esters is 1. The normalized spacial score (nSPS) is 9.62. The molecular formula is C11H12BrNO3. The van der Waals surface area contributed by atoms with E-state index in [-0.39, 0.29) is 6.61 Å². The van der Waals surface area contributed by atoms with Gasteiger partial charge in [0.2, 0.25) is 0 Å². The number of rotatable bonds is 3. The molecule has 0 unspecified atom stereocenters. The largest absolute Gasteiger partial charge is 0.459 e. The summed E-state index contributed by atoms with van der Waals surface area (Å²) in [5.41, 5.74) is 0.909. The van der Waals surface area contributed by atoms with Crippen molar-refractivity contribution in [3.8, 4) is 0 Å². The second kappa shape index (κ2) is 6.27. The first-order valence-electron chi connectivity index (χ1n) is 4.83. The molecule has 0 spiro atoms. The average molecular weight is 286 g/mol. The van der Waals surface area contributed by atoms with E-state index in [0.29, 0.717) is 6.54 Å². The number of nitrogens with one attached hydrogen (secondary N) is 1. The molecule has 0 aliphatic rings. The van der Waals surface area contributed by atoms with Crippen molar-refractivity contribution in [2.75, 3.05) is 6.61 Å². The predicted octanol–water partition coefficient (Wildman–Crippen LogP) is 1.63. The maximum absolute atomic E-state index is 11.2. The molecule has 4 nitrogen and oxygen atoms in total. The van der Waals surface area contributed by atoms with Crippen LogP contribution in [-0.2, 0) is 20.9 Å². The number of benzene rings is 1. The molecule has 0 aliphatic heterocycles. The van der Waals surface area contributed by atoms with Gasteiger partial charge in [0.1, 0.15) is 0 Å². The molecule has 0 bridgehead atoms. The van der Waals surface area contributed by atoms with Crippen molar-refractivity contribution < 1.29 is 14.3 Å². The van der Waals surface area contributed by atoms with Gasteiger partial charge in [0.15, 0.2) is 0 Å². The van der Waals surface area contributed by atoms with Crippen molar-refractivity contribution >= 4 is 27.8 Å². The van der Waals surface area contributed by atoms with E-state index in [2.05, 4.69) is 26.0 Å². The lowest BCUT2D eigenvalue weighted by Gasteiger charge is -2.04. The first kappa shape index (κ1) is 12.7. The van der Waals surface area contributed by atoms with Crippen LogP contribution in [0.1, 0.15) is 12.5 Å². The zero-order valence-corrected chi connectivity index (χ0v) is 10.4. The van der Waals surface area contributed by atoms with Gasteiger partial charge in [-0.1, -0.05) is 28.1 Å².